The summed E-state index contributed by atoms with van der Waals surface area (Å²) in [5.41, 5.74) is 0.624. The fourth-order valence-electron chi connectivity index (χ4n) is 1.98. The molecule has 1 atom stereocenters. The van der Waals surface area contributed by atoms with Gasteiger partial charge in [-0.1, -0.05) is 27.5 Å². The molecule has 2 rings (SSSR count). The second-order valence-electron chi connectivity index (χ2n) is 4.04. The van der Waals surface area contributed by atoms with Gasteiger partial charge in [0.1, 0.15) is 0 Å². The van der Waals surface area contributed by atoms with Gasteiger partial charge in [0.25, 0.3) is 0 Å². The van der Waals surface area contributed by atoms with Gasteiger partial charge in [0.15, 0.2) is 5.78 Å². The smallest absolute Gasteiger partial charge is 0.165 e. The van der Waals surface area contributed by atoms with Crippen molar-refractivity contribution in [3.05, 3.63) is 33.3 Å². The van der Waals surface area contributed by atoms with Crippen LogP contribution in [-0.2, 0) is 0 Å². The normalized spacial score (nSPS) is 20.0. The molecule has 86 valence electrons. The lowest BCUT2D eigenvalue weighted by Crippen LogP contribution is -2.24. The van der Waals surface area contributed by atoms with Gasteiger partial charge in [-0.2, -0.15) is 0 Å². The molecule has 4 heteroatoms. The average molecular weight is 303 g/mol. The largest absolute Gasteiger partial charge is 0.314 e. The molecule has 1 aromatic carbocycles. The van der Waals surface area contributed by atoms with Crippen LogP contribution in [0.2, 0.25) is 5.02 Å². The number of nitrogens with one attached hydrogen (secondary N) is 1. The van der Waals surface area contributed by atoms with E-state index in [0.29, 0.717) is 23.0 Å². The van der Waals surface area contributed by atoms with Gasteiger partial charge in [-0.3, -0.25) is 4.79 Å². The van der Waals surface area contributed by atoms with Crippen molar-refractivity contribution < 1.29 is 4.79 Å². The summed E-state index contributed by atoms with van der Waals surface area (Å²) in [6.07, 6.45) is 2.78. The second-order valence-corrected chi connectivity index (χ2v) is 5.37. The van der Waals surface area contributed by atoms with Crippen molar-refractivity contribution in [2.75, 3.05) is 6.54 Å². The molecule has 16 heavy (non-hydrogen) atoms. The predicted octanol–water partition coefficient (Wildman–Crippen LogP) is 3.43. The number of ketones is 1. The zero-order valence-corrected chi connectivity index (χ0v) is 11.1. The Bertz CT molecular complexity index is 402. The molecular formula is C12H13BrClNO. The van der Waals surface area contributed by atoms with Crippen molar-refractivity contribution in [1.82, 2.24) is 5.32 Å². The van der Waals surface area contributed by atoms with E-state index in [0.717, 1.165) is 23.9 Å². The Balaban J connectivity index is 2.08. The van der Waals surface area contributed by atoms with E-state index in [9.17, 15) is 4.79 Å². The number of rotatable bonds is 3. The summed E-state index contributed by atoms with van der Waals surface area (Å²) in [7, 11) is 0. The quantitative estimate of drug-likeness (QED) is 0.867. The molecule has 0 radical (unpaired) electrons. The van der Waals surface area contributed by atoms with E-state index in [1.165, 1.54) is 0 Å². The molecule has 1 heterocycles. The minimum atomic E-state index is 0.122. The van der Waals surface area contributed by atoms with Crippen LogP contribution in [-0.4, -0.2) is 18.4 Å². The molecule has 2 nitrogen and oxygen atoms in total. The Morgan fingerprint density at radius 3 is 3.00 bits per heavy atom. The Morgan fingerprint density at radius 2 is 2.38 bits per heavy atom. The minimum Gasteiger partial charge on any atom is -0.314 e. The van der Waals surface area contributed by atoms with E-state index in [1.54, 1.807) is 12.1 Å². The summed E-state index contributed by atoms with van der Waals surface area (Å²) in [5, 5.41) is 3.84. The highest BCUT2D eigenvalue weighted by Gasteiger charge is 2.19. The topological polar surface area (TPSA) is 29.1 Å². The number of carbonyl (C=O) groups is 1. The molecule has 0 saturated carbocycles. The third kappa shape index (κ3) is 2.84. The second kappa shape index (κ2) is 5.30. The van der Waals surface area contributed by atoms with E-state index in [-0.39, 0.29) is 5.78 Å². The van der Waals surface area contributed by atoms with Gasteiger partial charge in [-0.15, -0.1) is 0 Å². The fraction of sp³-hybridized carbons (Fsp3) is 0.417. The van der Waals surface area contributed by atoms with Crippen molar-refractivity contribution in [2.24, 2.45) is 0 Å². The molecule has 1 saturated heterocycles. The molecule has 1 N–H and O–H groups in total. The van der Waals surface area contributed by atoms with Crippen LogP contribution in [0.25, 0.3) is 0 Å². The fourth-order valence-corrected chi connectivity index (χ4v) is 2.76. The Morgan fingerprint density at radius 1 is 1.56 bits per heavy atom. The Labute approximate surface area is 108 Å². The molecule has 0 aliphatic carbocycles. The summed E-state index contributed by atoms with van der Waals surface area (Å²) in [6.45, 7) is 1.02. The average Bonchev–Trinajstić information content (AvgIpc) is 2.70. The van der Waals surface area contributed by atoms with E-state index in [4.69, 9.17) is 11.6 Å². The molecule has 0 amide bonds. The molecule has 1 unspecified atom stereocenters. The first-order valence-corrected chi connectivity index (χ1v) is 6.55. The summed E-state index contributed by atoms with van der Waals surface area (Å²) < 4.78 is 0.896. The van der Waals surface area contributed by atoms with E-state index in [1.807, 2.05) is 6.07 Å². The standard InChI is InChI=1S/C12H13BrClNO/c13-8-3-4-10(11(14)6-8)12(16)7-9-2-1-5-15-9/h3-4,6,9,15H,1-2,5,7H2. The van der Waals surface area contributed by atoms with Crippen LogP contribution < -0.4 is 5.32 Å². The van der Waals surface area contributed by atoms with Crippen molar-refractivity contribution in [3.63, 3.8) is 0 Å². The van der Waals surface area contributed by atoms with E-state index in [2.05, 4.69) is 21.2 Å². The maximum atomic E-state index is 12.0. The van der Waals surface area contributed by atoms with Crippen LogP contribution >= 0.6 is 27.5 Å². The SMILES string of the molecule is O=C(CC1CCCN1)c1ccc(Br)cc1Cl. The van der Waals surface area contributed by atoms with Crippen molar-refractivity contribution >= 4 is 33.3 Å². The van der Waals surface area contributed by atoms with Crippen LogP contribution in [0.5, 0.6) is 0 Å². The highest BCUT2D eigenvalue weighted by Crippen LogP contribution is 2.23. The lowest BCUT2D eigenvalue weighted by molar-refractivity contribution is 0.0972. The molecule has 1 aliphatic heterocycles. The molecule has 0 bridgehead atoms. The van der Waals surface area contributed by atoms with E-state index >= 15 is 0 Å². The van der Waals surface area contributed by atoms with Gasteiger partial charge in [-0.25, -0.2) is 0 Å². The number of halogens is 2. The van der Waals surface area contributed by atoms with Crippen molar-refractivity contribution in [3.8, 4) is 0 Å². The number of hydrogen-bond donors (Lipinski definition) is 1. The Kier molecular flexibility index (Phi) is 4.00. The molecule has 1 aromatic rings. The van der Waals surface area contributed by atoms with Crippen LogP contribution in [0.1, 0.15) is 29.6 Å². The first-order valence-electron chi connectivity index (χ1n) is 5.38. The van der Waals surface area contributed by atoms with Gasteiger partial charge in [-0.05, 0) is 37.6 Å². The van der Waals surface area contributed by atoms with Crippen molar-refractivity contribution in [1.29, 1.82) is 0 Å². The first-order chi connectivity index (χ1) is 7.66. The third-order valence-electron chi connectivity index (χ3n) is 2.83. The molecule has 1 fully saturated rings. The number of hydrogen-bond acceptors (Lipinski definition) is 2. The molecule has 0 spiro atoms. The lowest BCUT2D eigenvalue weighted by atomic mass is 10.0. The van der Waals surface area contributed by atoms with Gasteiger partial charge in [0.05, 0.1) is 5.02 Å². The van der Waals surface area contributed by atoms with Gasteiger partial charge < -0.3 is 5.32 Å². The number of Topliss-reactive ketones (excluding diaryl/α,β-unsaturated/α-hetero) is 1. The molecule has 0 aromatic heterocycles. The van der Waals surface area contributed by atoms with Crippen LogP contribution in [0.3, 0.4) is 0 Å². The Hall–Kier alpha value is -0.380. The van der Waals surface area contributed by atoms with Crippen LogP contribution in [0.15, 0.2) is 22.7 Å². The predicted molar refractivity (Wildman–Crippen MR) is 69.1 cm³/mol. The van der Waals surface area contributed by atoms with Gasteiger partial charge in [0.2, 0.25) is 0 Å². The monoisotopic (exact) mass is 301 g/mol. The highest BCUT2D eigenvalue weighted by molar-refractivity contribution is 9.10. The minimum absolute atomic E-state index is 0.122. The van der Waals surface area contributed by atoms with Crippen LogP contribution in [0, 0.1) is 0 Å². The zero-order chi connectivity index (χ0) is 11.5. The van der Waals surface area contributed by atoms with E-state index < -0.39 is 0 Å². The first kappa shape index (κ1) is 12.1. The maximum Gasteiger partial charge on any atom is 0.165 e. The molecular weight excluding hydrogens is 289 g/mol. The van der Waals surface area contributed by atoms with Gasteiger partial charge in [0, 0.05) is 22.5 Å². The van der Waals surface area contributed by atoms with Gasteiger partial charge >= 0.3 is 0 Å². The lowest BCUT2D eigenvalue weighted by Gasteiger charge is -2.09. The summed E-state index contributed by atoms with van der Waals surface area (Å²) in [6, 6.07) is 5.72. The summed E-state index contributed by atoms with van der Waals surface area (Å²) >= 11 is 9.36. The van der Waals surface area contributed by atoms with Crippen LogP contribution in [0.4, 0.5) is 0 Å². The third-order valence-corrected chi connectivity index (χ3v) is 3.63. The zero-order valence-electron chi connectivity index (χ0n) is 8.80. The van der Waals surface area contributed by atoms with Crippen molar-refractivity contribution in [2.45, 2.75) is 25.3 Å². The highest BCUT2D eigenvalue weighted by atomic mass is 79.9. The summed E-state index contributed by atoms with van der Waals surface area (Å²) in [5.74, 6) is 0.122. The number of benzene rings is 1. The summed E-state index contributed by atoms with van der Waals surface area (Å²) in [4.78, 5) is 12.0. The molecule has 1 aliphatic rings. The number of carbonyl (C=O) groups excluding carboxylic acids is 1. The maximum absolute atomic E-state index is 12.0.